The first-order valence-corrected chi connectivity index (χ1v) is 3.75. The first kappa shape index (κ1) is 7.02. The van der Waals surface area contributed by atoms with E-state index in [1.807, 2.05) is 6.92 Å². The molecule has 0 aromatic carbocycles. The van der Waals surface area contributed by atoms with Crippen LogP contribution in [-0.4, -0.2) is 28.9 Å². The van der Waals surface area contributed by atoms with Gasteiger partial charge in [-0.2, -0.15) is 0 Å². The summed E-state index contributed by atoms with van der Waals surface area (Å²) in [6, 6.07) is 0. The molecule has 1 saturated heterocycles. The van der Waals surface area contributed by atoms with Crippen molar-refractivity contribution in [2.45, 2.75) is 11.8 Å². The number of amides is 1. The SMILES string of the molecule is CCN1OC[C@H](Br)C1=O. The number of carbonyl (C=O) groups is 1. The lowest BCUT2D eigenvalue weighted by molar-refractivity contribution is -0.160. The van der Waals surface area contributed by atoms with E-state index in [0.717, 1.165) is 0 Å². The second kappa shape index (κ2) is 2.66. The van der Waals surface area contributed by atoms with E-state index in [4.69, 9.17) is 4.84 Å². The molecule has 0 unspecified atom stereocenters. The number of rotatable bonds is 1. The van der Waals surface area contributed by atoms with Crippen LogP contribution in [0.15, 0.2) is 0 Å². The van der Waals surface area contributed by atoms with Crippen LogP contribution in [0.5, 0.6) is 0 Å². The van der Waals surface area contributed by atoms with E-state index in [9.17, 15) is 4.79 Å². The summed E-state index contributed by atoms with van der Waals surface area (Å²) < 4.78 is 0. The normalized spacial score (nSPS) is 27.6. The Kier molecular flexibility index (Phi) is 2.08. The zero-order valence-electron chi connectivity index (χ0n) is 5.13. The van der Waals surface area contributed by atoms with Gasteiger partial charge in [0.15, 0.2) is 0 Å². The van der Waals surface area contributed by atoms with Gasteiger partial charge in [0.25, 0.3) is 5.91 Å². The average Bonchev–Trinajstić information content (AvgIpc) is 2.15. The second-order valence-corrected chi connectivity index (χ2v) is 2.90. The molecule has 0 saturated carbocycles. The van der Waals surface area contributed by atoms with Crippen molar-refractivity contribution in [3.63, 3.8) is 0 Å². The van der Waals surface area contributed by atoms with Crippen LogP contribution >= 0.6 is 15.9 Å². The molecule has 1 aliphatic heterocycles. The molecule has 3 nitrogen and oxygen atoms in total. The zero-order chi connectivity index (χ0) is 6.85. The average molecular weight is 194 g/mol. The van der Waals surface area contributed by atoms with E-state index >= 15 is 0 Å². The van der Waals surface area contributed by atoms with Gasteiger partial charge in [0.2, 0.25) is 0 Å². The lowest BCUT2D eigenvalue weighted by Crippen LogP contribution is -2.25. The minimum absolute atomic E-state index is 0.0255. The first-order valence-electron chi connectivity index (χ1n) is 2.84. The first-order chi connectivity index (χ1) is 4.25. The number of alkyl halides is 1. The van der Waals surface area contributed by atoms with Crippen LogP contribution in [0.25, 0.3) is 0 Å². The van der Waals surface area contributed by atoms with Crippen LogP contribution in [0, 0.1) is 0 Å². The highest BCUT2D eigenvalue weighted by Gasteiger charge is 2.29. The van der Waals surface area contributed by atoms with Gasteiger partial charge in [0, 0.05) is 6.54 Å². The van der Waals surface area contributed by atoms with Crippen molar-refractivity contribution in [3.8, 4) is 0 Å². The molecule has 1 aliphatic rings. The summed E-state index contributed by atoms with van der Waals surface area (Å²) in [5.74, 6) is 0.0255. The Bertz CT molecular complexity index is 128. The molecule has 52 valence electrons. The summed E-state index contributed by atoms with van der Waals surface area (Å²) in [4.78, 5) is 15.7. The molecule has 1 rings (SSSR count). The quantitative estimate of drug-likeness (QED) is 0.570. The van der Waals surface area contributed by atoms with Crippen molar-refractivity contribution in [3.05, 3.63) is 0 Å². The third kappa shape index (κ3) is 1.24. The maximum Gasteiger partial charge on any atom is 0.262 e. The van der Waals surface area contributed by atoms with Crippen LogP contribution in [0.3, 0.4) is 0 Å². The van der Waals surface area contributed by atoms with Crippen molar-refractivity contribution in [2.75, 3.05) is 13.2 Å². The maximum atomic E-state index is 10.9. The monoisotopic (exact) mass is 193 g/mol. The van der Waals surface area contributed by atoms with Gasteiger partial charge >= 0.3 is 0 Å². The predicted octanol–water partition coefficient (Wildman–Crippen LogP) is 0.544. The predicted molar refractivity (Wildman–Crippen MR) is 36.1 cm³/mol. The molecule has 0 bridgehead atoms. The van der Waals surface area contributed by atoms with Crippen LogP contribution in [-0.2, 0) is 9.63 Å². The molecule has 0 aromatic rings. The van der Waals surface area contributed by atoms with Crippen LogP contribution in [0.2, 0.25) is 0 Å². The Labute approximate surface area is 62.0 Å². The van der Waals surface area contributed by atoms with E-state index in [2.05, 4.69) is 15.9 Å². The van der Waals surface area contributed by atoms with Crippen molar-refractivity contribution < 1.29 is 9.63 Å². The third-order valence-electron chi connectivity index (χ3n) is 1.18. The van der Waals surface area contributed by atoms with Gasteiger partial charge in [-0.05, 0) is 6.92 Å². The fourth-order valence-electron chi connectivity index (χ4n) is 0.694. The third-order valence-corrected chi connectivity index (χ3v) is 1.83. The van der Waals surface area contributed by atoms with Crippen molar-refractivity contribution in [1.29, 1.82) is 0 Å². The molecule has 0 spiro atoms. The Morgan fingerprint density at radius 2 is 2.67 bits per heavy atom. The van der Waals surface area contributed by atoms with Crippen molar-refractivity contribution in [1.82, 2.24) is 5.06 Å². The topological polar surface area (TPSA) is 29.5 Å². The van der Waals surface area contributed by atoms with Crippen LogP contribution in [0.4, 0.5) is 0 Å². The lowest BCUT2D eigenvalue weighted by Gasteiger charge is -2.08. The van der Waals surface area contributed by atoms with Gasteiger partial charge in [-0.1, -0.05) is 15.9 Å². The summed E-state index contributed by atoms with van der Waals surface area (Å²) in [5, 5.41) is 1.36. The highest BCUT2D eigenvalue weighted by molar-refractivity contribution is 9.10. The Balaban J connectivity index is 2.51. The number of hydrogen-bond acceptors (Lipinski definition) is 2. The van der Waals surface area contributed by atoms with Gasteiger partial charge in [-0.25, -0.2) is 5.06 Å². The number of carbonyl (C=O) groups excluding carboxylic acids is 1. The molecule has 0 radical (unpaired) electrons. The minimum Gasteiger partial charge on any atom is -0.271 e. The number of nitrogens with zero attached hydrogens (tertiary/aromatic N) is 1. The standard InChI is InChI=1S/C5H8BrNO2/c1-2-7-5(8)4(6)3-9-7/h4H,2-3H2,1H3/t4-/m0/s1. The Morgan fingerprint density at radius 3 is 2.89 bits per heavy atom. The van der Waals surface area contributed by atoms with Crippen LogP contribution < -0.4 is 0 Å². The molecule has 1 fully saturated rings. The highest BCUT2D eigenvalue weighted by atomic mass is 79.9. The summed E-state index contributed by atoms with van der Waals surface area (Å²) in [6.45, 7) is 2.97. The fraction of sp³-hybridized carbons (Fsp3) is 0.800. The van der Waals surface area contributed by atoms with Gasteiger partial charge in [-0.15, -0.1) is 0 Å². The summed E-state index contributed by atoms with van der Waals surface area (Å²) >= 11 is 3.17. The lowest BCUT2D eigenvalue weighted by atomic mass is 10.4. The van der Waals surface area contributed by atoms with E-state index in [1.54, 1.807) is 0 Å². The molecule has 4 heteroatoms. The smallest absolute Gasteiger partial charge is 0.262 e. The highest BCUT2D eigenvalue weighted by Crippen LogP contribution is 2.13. The number of halogens is 1. The maximum absolute atomic E-state index is 10.9. The van der Waals surface area contributed by atoms with Crippen molar-refractivity contribution in [2.24, 2.45) is 0 Å². The number of hydrogen-bond donors (Lipinski definition) is 0. The van der Waals surface area contributed by atoms with Gasteiger partial charge < -0.3 is 0 Å². The Hall–Kier alpha value is -0.0900. The van der Waals surface area contributed by atoms with E-state index in [-0.39, 0.29) is 10.7 Å². The van der Waals surface area contributed by atoms with E-state index in [0.29, 0.717) is 13.2 Å². The van der Waals surface area contributed by atoms with Gasteiger partial charge in [0.1, 0.15) is 4.83 Å². The summed E-state index contributed by atoms with van der Waals surface area (Å²) in [7, 11) is 0. The second-order valence-electron chi connectivity index (χ2n) is 1.80. The summed E-state index contributed by atoms with van der Waals surface area (Å²) in [5.41, 5.74) is 0. The molecule has 1 atom stereocenters. The zero-order valence-corrected chi connectivity index (χ0v) is 6.72. The largest absolute Gasteiger partial charge is 0.271 e. The van der Waals surface area contributed by atoms with E-state index < -0.39 is 0 Å². The van der Waals surface area contributed by atoms with Crippen molar-refractivity contribution >= 4 is 21.8 Å². The minimum atomic E-state index is -0.127. The molecule has 0 aromatic heterocycles. The number of hydroxylamine groups is 2. The van der Waals surface area contributed by atoms with Crippen LogP contribution in [0.1, 0.15) is 6.92 Å². The van der Waals surface area contributed by atoms with E-state index in [1.165, 1.54) is 5.06 Å². The fourth-order valence-corrected chi connectivity index (χ4v) is 1.04. The molecule has 0 aliphatic carbocycles. The molecular formula is C5H8BrNO2. The molecular weight excluding hydrogens is 186 g/mol. The summed E-state index contributed by atoms with van der Waals surface area (Å²) in [6.07, 6.45) is 0. The van der Waals surface area contributed by atoms with Gasteiger partial charge in [-0.3, -0.25) is 9.63 Å². The molecule has 1 amide bonds. The Morgan fingerprint density at radius 1 is 2.00 bits per heavy atom. The molecule has 1 heterocycles. The van der Waals surface area contributed by atoms with Gasteiger partial charge in [0.05, 0.1) is 6.61 Å². The molecule has 0 N–H and O–H groups in total. The molecule has 9 heavy (non-hydrogen) atoms.